The Kier molecular flexibility index (Phi) is 4.35. The van der Waals surface area contributed by atoms with Crippen molar-refractivity contribution >= 4 is 11.7 Å². The fraction of sp³-hybridized carbons (Fsp3) is 0.444. The predicted molar refractivity (Wildman–Crippen MR) is 93.7 cm³/mol. The molecule has 0 spiro atoms. The van der Waals surface area contributed by atoms with Gasteiger partial charge in [0.25, 0.3) is 11.7 Å². The fourth-order valence-electron chi connectivity index (χ4n) is 3.72. The summed E-state index contributed by atoms with van der Waals surface area (Å²) in [6, 6.07) is 4.00. The number of aryl methyl sites for hydroxylation is 1. The summed E-state index contributed by atoms with van der Waals surface area (Å²) >= 11 is 0. The van der Waals surface area contributed by atoms with Gasteiger partial charge in [-0.05, 0) is 37.5 Å². The Labute approximate surface area is 158 Å². The third-order valence-corrected chi connectivity index (χ3v) is 5.25. The summed E-state index contributed by atoms with van der Waals surface area (Å²) < 4.78 is 40.1. The molecule has 1 amide bonds. The van der Waals surface area contributed by atoms with E-state index in [1.165, 1.54) is 12.4 Å². The highest BCUT2D eigenvalue weighted by atomic mass is 19.4. The number of piperidine rings is 1. The van der Waals surface area contributed by atoms with Crippen LogP contribution < -0.4 is 0 Å². The summed E-state index contributed by atoms with van der Waals surface area (Å²) in [5.41, 5.74) is 0.710. The monoisotopic (exact) mass is 392 g/mol. The maximum Gasteiger partial charge on any atom is 0.431 e. The van der Waals surface area contributed by atoms with E-state index >= 15 is 0 Å². The standard InChI is InChI=1S/C18H19F3N6O/c1-10-5-6-26(16(28)13-3-4-15(25-13)18(19,20)21)8-12(10)14-7-11(2)24-17-22-9-23-27(14)17/h3-4,7,9-10,12,25H,5-6,8H2,1-2H3/t10-,12-/m1/s1. The molecule has 1 N–H and O–H groups in total. The second-order valence-electron chi connectivity index (χ2n) is 7.20. The summed E-state index contributed by atoms with van der Waals surface area (Å²) in [4.78, 5) is 25.1. The topological polar surface area (TPSA) is 79.2 Å². The Hall–Kier alpha value is -2.91. The Bertz CT molecular complexity index is 1020. The van der Waals surface area contributed by atoms with Gasteiger partial charge >= 0.3 is 6.18 Å². The van der Waals surface area contributed by atoms with Gasteiger partial charge in [-0.15, -0.1) is 0 Å². The molecule has 1 saturated heterocycles. The first-order valence-corrected chi connectivity index (χ1v) is 8.97. The Morgan fingerprint density at radius 3 is 2.82 bits per heavy atom. The molecule has 28 heavy (non-hydrogen) atoms. The van der Waals surface area contributed by atoms with Crippen LogP contribution in [-0.4, -0.2) is 48.5 Å². The van der Waals surface area contributed by atoms with E-state index in [0.717, 1.165) is 23.9 Å². The molecule has 0 bridgehead atoms. The smallest absolute Gasteiger partial charge is 0.347 e. The number of aromatic amines is 1. The van der Waals surface area contributed by atoms with Gasteiger partial charge in [0.05, 0.1) is 5.69 Å². The van der Waals surface area contributed by atoms with Gasteiger partial charge in [-0.3, -0.25) is 4.79 Å². The molecule has 4 heterocycles. The number of aromatic nitrogens is 5. The summed E-state index contributed by atoms with van der Waals surface area (Å²) in [5, 5.41) is 4.24. The molecule has 148 valence electrons. The average molecular weight is 392 g/mol. The van der Waals surface area contributed by atoms with Gasteiger partial charge in [-0.25, -0.2) is 9.50 Å². The van der Waals surface area contributed by atoms with Crippen LogP contribution in [0.2, 0.25) is 0 Å². The quantitative estimate of drug-likeness (QED) is 0.727. The van der Waals surface area contributed by atoms with Crippen molar-refractivity contribution in [2.75, 3.05) is 13.1 Å². The number of carbonyl (C=O) groups is 1. The normalized spacial score (nSPS) is 20.7. The predicted octanol–water partition coefficient (Wildman–Crippen LogP) is 3.05. The van der Waals surface area contributed by atoms with Crippen LogP contribution >= 0.6 is 0 Å². The second kappa shape index (κ2) is 6.61. The number of rotatable bonds is 2. The lowest BCUT2D eigenvalue weighted by Crippen LogP contribution is -2.42. The molecule has 7 nitrogen and oxygen atoms in total. The zero-order chi connectivity index (χ0) is 20.1. The van der Waals surface area contributed by atoms with E-state index in [1.807, 2.05) is 13.0 Å². The van der Waals surface area contributed by atoms with Gasteiger partial charge in [-0.1, -0.05) is 6.92 Å². The summed E-state index contributed by atoms with van der Waals surface area (Å²) in [7, 11) is 0. The third-order valence-electron chi connectivity index (χ3n) is 5.25. The lowest BCUT2D eigenvalue weighted by atomic mass is 9.84. The summed E-state index contributed by atoms with van der Waals surface area (Å²) in [6.45, 7) is 4.84. The minimum Gasteiger partial charge on any atom is -0.347 e. The van der Waals surface area contributed by atoms with Crippen LogP contribution in [0.5, 0.6) is 0 Å². The molecule has 0 radical (unpaired) electrons. The van der Waals surface area contributed by atoms with E-state index in [-0.39, 0.29) is 17.5 Å². The van der Waals surface area contributed by atoms with Gasteiger partial charge in [0.2, 0.25) is 0 Å². The summed E-state index contributed by atoms with van der Waals surface area (Å²) in [6.07, 6.45) is -2.34. The van der Waals surface area contributed by atoms with Gasteiger partial charge in [0.1, 0.15) is 17.7 Å². The maximum atomic E-state index is 12.8. The number of H-pyrrole nitrogens is 1. The molecule has 0 aromatic carbocycles. The van der Waals surface area contributed by atoms with Crippen LogP contribution in [0.25, 0.3) is 5.78 Å². The lowest BCUT2D eigenvalue weighted by Gasteiger charge is -2.37. The zero-order valence-corrected chi connectivity index (χ0v) is 15.4. The number of nitrogens with one attached hydrogen (secondary N) is 1. The first-order valence-electron chi connectivity index (χ1n) is 8.97. The minimum atomic E-state index is -4.51. The molecule has 1 aliphatic heterocycles. The highest BCUT2D eigenvalue weighted by Gasteiger charge is 2.35. The largest absolute Gasteiger partial charge is 0.431 e. The van der Waals surface area contributed by atoms with Crippen molar-refractivity contribution in [1.29, 1.82) is 0 Å². The number of carbonyl (C=O) groups excluding carboxylic acids is 1. The van der Waals surface area contributed by atoms with Crippen LogP contribution in [0, 0.1) is 12.8 Å². The van der Waals surface area contributed by atoms with Crippen molar-refractivity contribution in [1.82, 2.24) is 29.5 Å². The van der Waals surface area contributed by atoms with Crippen molar-refractivity contribution in [3.8, 4) is 0 Å². The molecule has 0 unspecified atom stereocenters. The third kappa shape index (κ3) is 3.23. The van der Waals surface area contributed by atoms with Gasteiger partial charge in [-0.2, -0.15) is 23.3 Å². The Morgan fingerprint density at radius 2 is 2.11 bits per heavy atom. The van der Waals surface area contributed by atoms with Crippen molar-refractivity contribution < 1.29 is 18.0 Å². The average Bonchev–Trinajstić information content (AvgIpc) is 3.30. The lowest BCUT2D eigenvalue weighted by molar-refractivity contribution is -0.140. The molecular weight excluding hydrogens is 373 g/mol. The summed E-state index contributed by atoms with van der Waals surface area (Å²) in [5.74, 6) is 0.297. The van der Waals surface area contributed by atoms with Gasteiger partial charge in [0, 0.05) is 24.7 Å². The number of hydrogen-bond acceptors (Lipinski definition) is 4. The Morgan fingerprint density at radius 1 is 1.32 bits per heavy atom. The molecule has 3 aromatic rings. The number of likely N-dealkylation sites (tertiary alicyclic amines) is 1. The second-order valence-corrected chi connectivity index (χ2v) is 7.20. The zero-order valence-electron chi connectivity index (χ0n) is 15.4. The van der Waals surface area contributed by atoms with E-state index in [4.69, 9.17) is 0 Å². The minimum absolute atomic E-state index is 0.0272. The highest BCUT2D eigenvalue weighted by Crippen LogP contribution is 2.33. The maximum absolute atomic E-state index is 12.8. The van der Waals surface area contributed by atoms with Gasteiger partial charge < -0.3 is 9.88 Å². The van der Waals surface area contributed by atoms with Crippen LogP contribution in [0.4, 0.5) is 13.2 Å². The number of alkyl halides is 3. The molecule has 3 aromatic heterocycles. The van der Waals surface area contributed by atoms with E-state index in [1.54, 1.807) is 9.42 Å². The van der Waals surface area contributed by atoms with Crippen molar-refractivity contribution in [2.45, 2.75) is 32.4 Å². The highest BCUT2D eigenvalue weighted by molar-refractivity contribution is 5.92. The number of halogens is 3. The molecule has 1 aliphatic rings. The molecule has 4 rings (SSSR count). The van der Waals surface area contributed by atoms with E-state index in [0.29, 0.717) is 18.9 Å². The molecular formula is C18H19F3N6O. The fourth-order valence-corrected chi connectivity index (χ4v) is 3.72. The van der Waals surface area contributed by atoms with Crippen LogP contribution in [-0.2, 0) is 6.18 Å². The first kappa shape index (κ1) is 18.5. The van der Waals surface area contributed by atoms with Crippen LogP contribution in [0.15, 0.2) is 24.5 Å². The molecule has 2 atom stereocenters. The molecule has 0 aliphatic carbocycles. The number of fused-ring (bicyclic) bond motifs is 1. The van der Waals surface area contributed by atoms with Gasteiger partial charge in [0.15, 0.2) is 0 Å². The Balaban J connectivity index is 1.62. The number of nitrogens with zero attached hydrogens (tertiary/aromatic N) is 5. The van der Waals surface area contributed by atoms with Crippen molar-refractivity contribution in [2.24, 2.45) is 5.92 Å². The first-order chi connectivity index (χ1) is 13.2. The number of hydrogen-bond donors (Lipinski definition) is 1. The molecule has 0 saturated carbocycles. The van der Waals surface area contributed by atoms with Crippen LogP contribution in [0.1, 0.15) is 46.8 Å². The SMILES string of the molecule is Cc1cc([C@@H]2CN(C(=O)c3ccc(C(F)(F)F)[nH]3)CC[C@H]2C)n2ncnc2n1. The van der Waals surface area contributed by atoms with E-state index in [2.05, 4.69) is 27.0 Å². The van der Waals surface area contributed by atoms with Crippen LogP contribution in [0.3, 0.4) is 0 Å². The number of amides is 1. The molecule has 10 heteroatoms. The van der Waals surface area contributed by atoms with E-state index < -0.39 is 17.8 Å². The van der Waals surface area contributed by atoms with E-state index in [9.17, 15) is 18.0 Å². The van der Waals surface area contributed by atoms with Crippen molar-refractivity contribution in [3.63, 3.8) is 0 Å². The van der Waals surface area contributed by atoms with Crippen molar-refractivity contribution in [3.05, 3.63) is 47.3 Å². The molecule has 1 fully saturated rings.